The van der Waals surface area contributed by atoms with E-state index in [0.29, 0.717) is 0 Å². The number of benzene rings is 2. The van der Waals surface area contributed by atoms with Crippen molar-refractivity contribution in [3.05, 3.63) is 60.7 Å². The zero-order chi connectivity index (χ0) is 19.5. The maximum atomic E-state index is 13.3. The van der Waals surface area contributed by atoms with Gasteiger partial charge in [-0.3, -0.25) is 0 Å². The van der Waals surface area contributed by atoms with Crippen LogP contribution in [0.1, 0.15) is 32.1 Å². The fraction of sp³-hybridized carbons (Fsp3) is 0.400. The van der Waals surface area contributed by atoms with Crippen LogP contribution in [0.4, 0.5) is 0 Å². The Bertz CT molecular complexity index is 888. The van der Waals surface area contributed by atoms with E-state index in [0.717, 1.165) is 25.7 Å². The third-order valence-corrected chi connectivity index (χ3v) is 10.4. The van der Waals surface area contributed by atoms with Crippen LogP contribution in [0.25, 0.3) is 0 Å². The Labute approximate surface area is 161 Å². The van der Waals surface area contributed by atoms with Crippen molar-refractivity contribution in [1.29, 1.82) is 0 Å². The van der Waals surface area contributed by atoms with Gasteiger partial charge in [-0.05, 0) is 49.4 Å². The summed E-state index contributed by atoms with van der Waals surface area (Å²) in [6, 6.07) is 15.4. The molecule has 27 heavy (non-hydrogen) atoms. The van der Waals surface area contributed by atoms with Gasteiger partial charge in [-0.2, -0.15) is 0 Å². The highest BCUT2D eigenvalue weighted by Gasteiger charge is 2.42. The van der Waals surface area contributed by atoms with Gasteiger partial charge in [-0.25, -0.2) is 16.8 Å². The molecule has 5 nitrogen and oxygen atoms in total. The van der Waals surface area contributed by atoms with Gasteiger partial charge in [0.2, 0.25) is 0 Å². The Kier molecular flexibility index (Phi) is 6.03. The predicted molar refractivity (Wildman–Crippen MR) is 106 cm³/mol. The van der Waals surface area contributed by atoms with Crippen molar-refractivity contribution >= 4 is 19.7 Å². The van der Waals surface area contributed by atoms with E-state index in [1.807, 2.05) is 0 Å². The SMILES string of the molecule is N[C@H]1CCCC[C@@H]1CC(S(=O)(=O)c1ccccc1)S(=O)(=O)c1ccccc1. The van der Waals surface area contributed by atoms with Crippen LogP contribution in [-0.4, -0.2) is 27.5 Å². The second-order valence-electron chi connectivity index (χ2n) is 7.09. The smallest absolute Gasteiger partial charge is 0.195 e. The Hall–Kier alpha value is -1.70. The van der Waals surface area contributed by atoms with Gasteiger partial charge in [-0.1, -0.05) is 49.2 Å². The summed E-state index contributed by atoms with van der Waals surface area (Å²) in [7, 11) is -8.15. The molecule has 2 atom stereocenters. The monoisotopic (exact) mass is 407 g/mol. The molecular weight excluding hydrogens is 382 g/mol. The quantitative estimate of drug-likeness (QED) is 0.794. The molecule has 3 rings (SSSR count). The third-order valence-electron chi connectivity index (χ3n) is 5.30. The highest BCUT2D eigenvalue weighted by molar-refractivity contribution is 8.09. The lowest BCUT2D eigenvalue weighted by molar-refractivity contribution is 0.296. The minimum atomic E-state index is -4.07. The summed E-state index contributed by atoms with van der Waals surface area (Å²) < 4.78 is 51.7. The molecule has 1 aliphatic carbocycles. The molecule has 1 saturated carbocycles. The van der Waals surface area contributed by atoms with Crippen LogP contribution in [0.2, 0.25) is 0 Å². The van der Waals surface area contributed by atoms with Crippen molar-refractivity contribution in [3.63, 3.8) is 0 Å². The summed E-state index contributed by atoms with van der Waals surface area (Å²) in [6.45, 7) is 0. The molecule has 1 fully saturated rings. The van der Waals surface area contributed by atoms with Crippen molar-refractivity contribution in [2.24, 2.45) is 11.7 Å². The number of sulfone groups is 2. The summed E-state index contributed by atoms with van der Waals surface area (Å²) in [4.78, 5) is 0.0535. The van der Waals surface area contributed by atoms with Crippen LogP contribution in [-0.2, 0) is 19.7 Å². The average Bonchev–Trinajstić information content (AvgIpc) is 2.68. The summed E-state index contributed by atoms with van der Waals surface area (Å²) in [5, 5.41) is 0. The molecule has 0 radical (unpaired) electrons. The lowest BCUT2D eigenvalue weighted by atomic mass is 9.83. The molecule has 0 aliphatic heterocycles. The molecular formula is C20H25NO4S2. The van der Waals surface area contributed by atoms with Gasteiger partial charge in [0.15, 0.2) is 24.3 Å². The molecule has 2 aromatic rings. The van der Waals surface area contributed by atoms with E-state index in [1.165, 1.54) is 24.3 Å². The van der Waals surface area contributed by atoms with Crippen LogP contribution >= 0.6 is 0 Å². The van der Waals surface area contributed by atoms with Crippen molar-refractivity contribution in [2.75, 3.05) is 0 Å². The van der Waals surface area contributed by atoms with E-state index in [1.54, 1.807) is 36.4 Å². The fourth-order valence-corrected chi connectivity index (χ4v) is 8.40. The number of hydrogen-bond donors (Lipinski definition) is 1. The highest BCUT2D eigenvalue weighted by Crippen LogP contribution is 2.34. The second-order valence-corrected chi connectivity index (χ2v) is 11.6. The second kappa shape index (κ2) is 8.12. The standard InChI is InChI=1S/C20H25NO4S2/c21-19-14-8-7-9-16(19)15-20(26(22,23)17-10-3-1-4-11-17)27(24,25)18-12-5-2-6-13-18/h1-6,10-13,16,19-20H,7-9,14-15,21H2/t16-,19+/m1/s1. The molecule has 0 aromatic heterocycles. The Balaban J connectivity index is 2.06. The van der Waals surface area contributed by atoms with E-state index in [2.05, 4.69) is 0 Å². The lowest BCUT2D eigenvalue weighted by Gasteiger charge is -2.31. The maximum Gasteiger partial charge on any atom is 0.195 e. The van der Waals surface area contributed by atoms with Crippen LogP contribution in [0.5, 0.6) is 0 Å². The van der Waals surface area contributed by atoms with E-state index in [-0.39, 0.29) is 28.2 Å². The Morgan fingerprint density at radius 3 is 1.67 bits per heavy atom. The van der Waals surface area contributed by atoms with E-state index in [4.69, 9.17) is 5.73 Å². The molecule has 0 heterocycles. The molecule has 2 N–H and O–H groups in total. The average molecular weight is 408 g/mol. The highest BCUT2D eigenvalue weighted by atomic mass is 32.3. The summed E-state index contributed by atoms with van der Waals surface area (Å²) in [6.07, 6.45) is 3.52. The van der Waals surface area contributed by atoms with Crippen molar-refractivity contribution in [3.8, 4) is 0 Å². The molecule has 0 bridgehead atoms. The summed E-state index contributed by atoms with van der Waals surface area (Å²) in [5.74, 6) is -0.124. The molecule has 0 saturated heterocycles. The minimum absolute atomic E-state index is 0.0234. The third kappa shape index (κ3) is 4.25. The normalized spacial score (nSPS) is 21.3. The number of rotatable bonds is 6. The molecule has 7 heteroatoms. The molecule has 146 valence electrons. The largest absolute Gasteiger partial charge is 0.327 e. The first-order valence-electron chi connectivity index (χ1n) is 9.17. The first-order chi connectivity index (χ1) is 12.8. The first-order valence-corrected chi connectivity index (χ1v) is 12.3. The van der Waals surface area contributed by atoms with Crippen molar-refractivity contribution in [1.82, 2.24) is 0 Å². The van der Waals surface area contributed by atoms with Gasteiger partial charge >= 0.3 is 0 Å². The minimum Gasteiger partial charge on any atom is -0.327 e. The number of nitrogens with two attached hydrogens (primary N) is 1. The lowest BCUT2D eigenvalue weighted by Crippen LogP contribution is -2.40. The number of hydrogen-bond acceptors (Lipinski definition) is 5. The van der Waals surface area contributed by atoms with Gasteiger partial charge in [0.1, 0.15) is 0 Å². The van der Waals surface area contributed by atoms with E-state index in [9.17, 15) is 16.8 Å². The van der Waals surface area contributed by atoms with Crippen LogP contribution in [0.3, 0.4) is 0 Å². The van der Waals surface area contributed by atoms with Gasteiger partial charge in [0.05, 0.1) is 9.79 Å². The van der Waals surface area contributed by atoms with Crippen LogP contribution in [0.15, 0.2) is 70.5 Å². The molecule has 2 aromatic carbocycles. The van der Waals surface area contributed by atoms with Gasteiger partial charge in [-0.15, -0.1) is 0 Å². The molecule has 0 unspecified atom stereocenters. The Morgan fingerprint density at radius 2 is 1.22 bits per heavy atom. The molecule has 0 spiro atoms. The van der Waals surface area contributed by atoms with Crippen molar-refractivity contribution in [2.45, 2.75) is 52.5 Å². The van der Waals surface area contributed by atoms with Crippen LogP contribution in [0, 0.1) is 5.92 Å². The van der Waals surface area contributed by atoms with Crippen molar-refractivity contribution < 1.29 is 16.8 Å². The van der Waals surface area contributed by atoms with Crippen LogP contribution < -0.4 is 5.73 Å². The predicted octanol–water partition coefficient (Wildman–Crippen LogP) is 3.17. The zero-order valence-corrected chi connectivity index (χ0v) is 16.7. The molecule has 1 aliphatic rings. The van der Waals surface area contributed by atoms with E-state index < -0.39 is 24.3 Å². The maximum absolute atomic E-state index is 13.3. The van der Waals surface area contributed by atoms with E-state index >= 15 is 0 Å². The van der Waals surface area contributed by atoms with Gasteiger partial charge in [0.25, 0.3) is 0 Å². The topological polar surface area (TPSA) is 94.3 Å². The fourth-order valence-electron chi connectivity index (χ4n) is 3.72. The van der Waals surface area contributed by atoms with Gasteiger partial charge in [0, 0.05) is 6.04 Å². The summed E-state index contributed by atoms with van der Waals surface area (Å²) in [5.41, 5.74) is 6.20. The van der Waals surface area contributed by atoms with Gasteiger partial charge < -0.3 is 5.73 Å². The Morgan fingerprint density at radius 1 is 0.778 bits per heavy atom. The zero-order valence-electron chi connectivity index (χ0n) is 15.1. The first kappa shape index (κ1) is 20.0. The molecule has 0 amide bonds. The summed E-state index contributed by atoms with van der Waals surface area (Å²) >= 11 is 0.